The van der Waals surface area contributed by atoms with Crippen molar-refractivity contribution in [1.29, 1.82) is 0 Å². The summed E-state index contributed by atoms with van der Waals surface area (Å²) in [6.07, 6.45) is -1.52. The molecular weight excluding hydrogens is 167 g/mol. The molecule has 10 heavy (non-hydrogen) atoms. The summed E-state index contributed by atoms with van der Waals surface area (Å²) in [4.78, 5) is 0. The van der Waals surface area contributed by atoms with Gasteiger partial charge in [-0.3, -0.25) is 5.32 Å². The van der Waals surface area contributed by atoms with Crippen LogP contribution in [0.25, 0.3) is 0 Å². The van der Waals surface area contributed by atoms with Crippen molar-refractivity contribution >= 4 is 12.4 Å². The lowest BCUT2D eigenvalue weighted by atomic mass is 10.3. The van der Waals surface area contributed by atoms with Gasteiger partial charge in [0.1, 0.15) is 6.04 Å². The minimum atomic E-state index is -4.12. The van der Waals surface area contributed by atoms with Crippen LogP contribution in [0, 0.1) is 0 Å². The maximum absolute atomic E-state index is 11.6. The van der Waals surface area contributed by atoms with Crippen molar-refractivity contribution in [3.8, 4) is 0 Å². The van der Waals surface area contributed by atoms with Crippen LogP contribution in [0.15, 0.2) is 12.2 Å². The smallest absolute Gasteiger partial charge is 0.299 e. The Morgan fingerprint density at radius 1 is 1.40 bits per heavy atom. The molecule has 0 spiro atoms. The molecule has 0 radical (unpaired) electrons. The summed E-state index contributed by atoms with van der Waals surface area (Å²) in [6.45, 7) is 0.324. The Balaban J connectivity index is 0.000000810. The highest BCUT2D eigenvalue weighted by Gasteiger charge is 2.38. The molecule has 0 aromatic carbocycles. The maximum atomic E-state index is 11.6. The second-order valence-corrected chi connectivity index (χ2v) is 1.86. The number of hydrogen-bond donors (Lipinski definition) is 1. The first-order valence-electron chi connectivity index (χ1n) is 2.57. The van der Waals surface area contributed by atoms with Gasteiger partial charge >= 0.3 is 6.18 Å². The predicted octanol–water partition coefficient (Wildman–Crippen LogP) is 1.50. The second kappa shape index (κ2) is 3.25. The zero-order valence-corrected chi connectivity index (χ0v) is 5.80. The van der Waals surface area contributed by atoms with Gasteiger partial charge in [-0.15, -0.1) is 12.4 Å². The predicted molar refractivity (Wildman–Crippen MR) is 34.2 cm³/mol. The van der Waals surface area contributed by atoms with Gasteiger partial charge in [-0.1, -0.05) is 12.2 Å². The van der Waals surface area contributed by atoms with E-state index >= 15 is 0 Å². The van der Waals surface area contributed by atoms with Gasteiger partial charge in [0.25, 0.3) is 0 Å². The zero-order chi connectivity index (χ0) is 6.91. The molecule has 1 aliphatic rings. The lowest BCUT2D eigenvalue weighted by Crippen LogP contribution is -2.37. The van der Waals surface area contributed by atoms with E-state index in [9.17, 15) is 13.2 Å². The molecule has 1 atom stereocenters. The van der Waals surface area contributed by atoms with Crippen LogP contribution in [0.2, 0.25) is 0 Å². The van der Waals surface area contributed by atoms with Crippen molar-refractivity contribution in [2.45, 2.75) is 12.2 Å². The molecule has 0 aromatic heterocycles. The number of hydrogen-bond acceptors (Lipinski definition) is 1. The van der Waals surface area contributed by atoms with Crippen molar-refractivity contribution in [3.05, 3.63) is 12.2 Å². The molecular formula is C5H7ClF3N. The fourth-order valence-corrected chi connectivity index (χ4v) is 0.692. The average molecular weight is 174 g/mol. The molecule has 0 saturated heterocycles. The monoisotopic (exact) mass is 173 g/mol. The highest BCUT2D eigenvalue weighted by Crippen LogP contribution is 2.22. The van der Waals surface area contributed by atoms with E-state index in [-0.39, 0.29) is 12.4 Å². The van der Waals surface area contributed by atoms with Crippen molar-refractivity contribution in [3.63, 3.8) is 0 Å². The summed E-state index contributed by atoms with van der Waals surface area (Å²) in [6, 6.07) is -1.42. The van der Waals surface area contributed by atoms with E-state index in [1.165, 1.54) is 6.08 Å². The minimum Gasteiger partial charge on any atom is -0.299 e. The van der Waals surface area contributed by atoms with Gasteiger partial charge in [-0.25, -0.2) is 0 Å². The van der Waals surface area contributed by atoms with Gasteiger partial charge in [-0.05, 0) is 0 Å². The van der Waals surface area contributed by atoms with E-state index in [0.29, 0.717) is 6.54 Å². The van der Waals surface area contributed by atoms with E-state index in [2.05, 4.69) is 5.32 Å². The normalized spacial score (nSPS) is 24.5. The molecule has 0 saturated carbocycles. The first kappa shape index (κ1) is 9.78. The molecule has 5 heteroatoms. The van der Waals surface area contributed by atoms with E-state index < -0.39 is 12.2 Å². The topological polar surface area (TPSA) is 12.0 Å². The minimum absolute atomic E-state index is 0. The Morgan fingerprint density at radius 2 is 2.00 bits per heavy atom. The largest absolute Gasteiger partial charge is 0.407 e. The Morgan fingerprint density at radius 3 is 2.20 bits per heavy atom. The van der Waals surface area contributed by atoms with E-state index in [4.69, 9.17) is 0 Å². The molecule has 1 heterocycles. The lowest BCUT2D eigenvalue weighted by molar-refractivity contribution is -0.142. The molecule has 0 aromatic rings. The molecule has 0 aliphatic carbocycles. The van der Waals surface area contributed by atoms with Crippen LogP contribution in [0.5, 0.6) is 0 Å². The summed E-state index contributed by atoms with van der Waals surface area (Å²) >= 11 is 0. The fourth-order valence-electron chi connectivity index (χ4n) is 0.692. The van der Waals surface area contributed by atoms with Crippen molar-refractivity contribution in [2.75, 3.05) is 6.54 Å². The van der Waals surface area contributed by atoms with Crippen LogP contribution in [-0.2, 0) is 0 Å². The number of rotatable bonds is 0. The molecule has 1 unspecified atom stereocenters. The Bertz CT molecular complexity index is 131. The Labute approximate surface area is 62.7 Å². The highest BCUT2D eigenvalue weighted by molar-refractivity contribution is 5.85. The highest BCUT2D eigenvalue weighted by atomic mass is 35.5. The van der Waals surface area contributed by atoms with Crippen LogP contribution in [0.4, 0.5) is 13.2 Å². The summed E-state index contributed by atoms with van der Waals surface area (Å²) in [5.41, 5.74) is 0. The molecule has 0 amide bonds. The van der Waals surface area contributed by atoms with E-state index in [0.717, 1.165) is 6.08 Å². The molecule has 0 bridgehead atoms. The third-order valence-electron chi connectivity index (χ3n) is 1.14. The molecule has 1 rings (SSSR count). The number of nitrogens with one attached hydrogen (secondary N) is 1. The number of alkyl halides is 3. The standard InChI is InChI=1S/C5H6F3N.ClH/c6-5(7,8)4-2-1-3-9-4;/h1-2,4,9H,3H2;1H. The van der Waals surface area contributed by atoms with Crippen LogP contribution < -0.4 is 5.32 Å². The molecule has 60 valence electrons. The van der Waals surface area contributed by atoms with Gasteiger partial charge in [-0.2, -0.15) is 13.2 Å². The Hall–Kier alpha value is -0.220. The van der Waals surface area contributed by atoms with Crippen LogP contribution in [0.3, 0.4) is 0 Å². The molecule has 1 aliphatic heterocycles. The molecule has 0 fully saturated rings. The lowest BCUT2D eigenvalue weighted by Gasteiger charge is -2.12. The zero-order valence-electron chi connectivity index (χ0n) is 4.98. The van der Waals surface area contributed by atoms with Crippen LogP contribution in [-0.4, -0.2) is 18.8 Å². The van der Waals surface area contributed by atoms with Gasteiger partial charge in [0.05, 0.1) is 0 Å². The van der Waals surface area contributed by atoms with Crippen molar-refractivity contribution < 1.29 is 13.2 Å². The number of halogens is 4. The van der Waals surface area contributed by atoms with E-state index in [1.54, 1.807) is 0 Å². The van der Waals surface area contributed by atoms with Gasteiger partial charge in [0, 0.05) is 6.54 Å². The van der Waals surface area contributed by atoms with Gasteiger partial charge < -0.3 is 0 Å². The summed E-state index contributed by atoms with van der Waals surface area (Å²) in [5.74, 6) is 0. The first-order chi connectivity index (χ1) is 4.11. The third-order valence-corrected chi connectivity index (χ3v) is 1.14. The second-order valence-electron chi connectivity index (χ2n) is 1.86. The fraction of sp³-hybridized carbons (Fsp3) is 0.600. The van der Waals surface area contributed by atoms with Crippen LogP contribution in [0.1, 0.15) is 0 Å². The van der Waals surface area contributed by atoms with Gasteiger partial charge in [0.2, 0.25) is 0 Å². The summed E-state index contributed by atoms with van der Waals surface area (Å²) in [5, 5.41) is 2.26. The summed E-state index contributed by atoms with van der Waals surface area (Å²) < 4.78 is 34.9. The van der Waals surface area contributed by atoms with E-state index in [1.807, 2.05) is 0 Å². The summed E-state index contributed by atoms with van der Waals surface area (Å²) in [7, 11) is 0. The quantitative estimate of drug-likeness (QED) is 0.548. The SMILES string of the molecule is Cl.FC(F)(F)C1C=CCN1. The average Bonchev–Trinajstić information content (AvgIpc) is 2.08. The van der Waals surface area contributed by atoms with Crippen molar-refractivity contribution in [1.82, 2.24) is 5.32 Å². The molecule has 1 nitrogen and oxygen atoms in total. The Kier molecular flexibility index (Phi) is 3.18. The maximum Gasteiger partial charge on any atom is 0.407 e. The van der Waals surface area contributed by atoms with Crippen LogP contribution >= 0.6 is 12.4 Å². The third kappa shape index (κ3) is 2.19. The van der Waals surface area contributed by atoms with Gasteiger partial charge in [0.15, 0.2) is 0 Å². The molecule has 1 N–H and O–H groups in total. The van der Waals surface area contributed by atoms with Crippen molar-refractivity contribution in [2.24, 2.45) is 0 Å². The first-order valence-corrected chi connectivity index (χ1v) is 2.57.